The van der Waals surface area contributed by atoms with Crippen molar-refractivity contribution in [3.8, 4) is 0 Å². The number of nitrogens with zero attached hydrogens (tertiary/aromatic N) is 2. The molecule has 2 heterocycles. The Morgan fingerprint density at radius 1 is 1.35 bits per heavy atom. The van der Waals surface area contributed by atoms with Gasteiger partial charge in [-0.05, 0) is 62.9 Å². The molecule has 3 rings (SSSR count). The third-order valence-corrected chi connectivity index (χ3v) is 5.20. The smallest absolute Gasteiger partial charge is 0.367 e. The third-order valence-electron chi connectivity index (χ3n) is 5.20. The molecule has 0 radical (unpaired) electrons. The summed E-state index contributed by atoms with van der Waals surface area (Å²) in [7, 11) is 0. The molecule has 2 fully saturated rings. The maximum Gasteiger partial charge on any atom is 0.367 e. The van der Waals surface area contributed by atoms with Gasteiger partial charge in [0, 0.05) is 24.8 Å². The quantitative estimate of drug-likeness (QED) is 0.617. The van der Waals surface area contributed by atoms with Gasteiger partial charge in [0.2, 0.25) is 5.83 Å². The van der Waals surface area contributed by atoms with Gasteiger partial charge < -0.3 is 10.1 Å². The van der Waals surface area contributed by atoms with E-state index in [1.165, 1.54) is 38.6 Å². The van der Waals surface area contributed by atoms with Crippen LogP contribution in [0.2, 0.25) is 0 Å². The molecule has 1 aliphatic heterocycles. The molecule has 142 valence electrons. The second-order valence-corrected chi connectivity index (χ2v) is 7.11. The van der Waals surface area contributed by atoms with Crippen LogP contribution in [0, 0.1) is 0 Å². The third kappa shape index (κ3) is 5.04. The van der Waals surface area contributed by atoms with Gasteiger partial charge in [0.1, 0.15) is 5.82 Å². The van der Waals surface area contributed by atoms with Gasteiger partial charge in [0.15, 0.2) is 0 Å². The zero-order valence-corrected chi connectivity index (χ0v) is 15.4. The van der Waals surface area contributed by atoms with Crippen LogP contribution in [0.15, 0.2) is 24.2 Å². The number of ether oxygens (including phenoxy) is 1. The number of anilines is 1. The largest absolute Gasteiger partial charge is 0.461 e. The minimum Gasteiger partial charge on any atom is -0.461 e. The second-order valence-electron chi connectivity index (χ2n) is 7.11. The van der Waals surface area contributed by atoms with Crippen LogP contribution in [0.4, 0.5) is 10.2 Å². The molecule has 1 aliphatic carbocycles. The number of likely N-dealkylation sites (tertiary alicyclic amines) is 1. The van der Waals surface area contributed by atoms with Crippen LogP contribution < -0.4 is 5.32 Å². The zero-order valence-electron chi connectivity index (χ0n) is 15.4. The molecular formula is C20H28FN3O2. The fourth-order valence-corrected chi connectivity index (χ4v) is 3.92. The summed E-state index contributed by atoms with van der Waals surface area (Å²) in [6.45, 7) is 4.06. The number of pyridine rings is 1. The summed E-state index contributed by atoms with van der Waals surface area (Å²) >= 11 is 0. The number of carbonyl (C=O) groups excluding carboxylic acids is 1. The van der Waals surface area contributed by atoms with E-state index in [1.807, 2.05) is 6.07 Å². The molecule has 5 nitrogen and oxygen atoms in total. The minimum absolute atomic E-state index is 0.153. The number of nitrogens with one attached hydrogen (secondary N) is 1. The molecule has 0 bridgehead atoms. The van der Waals surface area contributed by atoms with E-state index in [9.17, 15) is 9.18 Å². The van der Waals surface area contributed by atoms with Gasteiger partial charge in [0.25, 0.3) is 0 Å². The Bertz CT molecular complexity index is 626. The first-order valence-corrected chi connectivity index (χ1v) is 9.66. The molecule has 0 unspecified atom stereocenters. The average Bonchev–Trinajstić information content (AvgIpc) is 3.18. The van der Waals surface area contributed by atoms with E-state index in [-0.39, 0.29) is 6.61 Å². The Hall–Kier alpha value is -1.95. The van der Waals surface area contributed by atoms with Crippen molar-refractivity contribution in [2.45, 2.75) is 57.5 Å². The van der Waals surface area contributed by atoms with Crippen molar-refractivity contribution in [3.05, 3.63) is 29.7 Å². The molecule has 6 heteroatoms. The molecule has 26 heavy (non-hydrogen) atoms. The van der Waals surface area contributed by atoms with E-state index in [2.05, 4.69) is 19.9 Å². The van der Waals surface area contributed by atoms with Crippen LogP contribution in [0.3, 0.4) is 0 Å². The van der Waals surface area contributed by atoms with E-state index in [0.717, 1.165) is 30.9 Å². The van der Waals surface area contributed by atoms with Crippen LogP contribution in [-0.4, -0.2) is 47.6 Å². The van der Waals surface area contributed by atoms with Crippen LogP contribution in [0.25, 0.3) is 6.08 Å². The van der Waals surface area contributed by atoms with E-state index >= 15 is 0 Å². The van der Waals surface area contributed by atoms with Crippen molar-refractivity contribution in [3.63, 3.8) is 0 Å². The molecule has 0 aromatic carbocycles. The lowest BCUT2D eigenvalue weighted by Crippen LogP contribution is -2.46. The number of piperidine rings is 1. The first kappa shape index (κ1) is 18.8. The molecule has 0 amide bonds. The lowest BCUT2D eigenvalue weighted by molar-refractivity contribution is -0.140. The SMILES string of the molecule is CCOC(=O)C(F)=Cc1ccc(N[C@@H]2CCCN(C3CCCC3)C2)nc1. The van der Waals surface area contributed by atoms with Gasteiger partial charge >= 0.3 is 5.97 Å². The highest BCUT2D eigenvalue weighted by Crippen LogP contribution is 2.27. The van der Waals surface area contributed by atoms with Crippen LogP contribution >= 0.6 is 0 Å². The normalized spacial score (nSPS) is 22.4. The van der Waals surface area contributed by atoms with Gasteiger partial charge in [-0.2, -0.15) is 4.39 Å². The fourth-order valence-electron chi connectivity index (χ4n) is 3.92. The highest BCUT2D eigenvalue weighted by Gasteiger charge is 2.27. The Morgan fingerprint density at radius 2 is 2.15 bits per heavy atom. The van der Waals surface area contributed by atoms with E-state index in [1.54, 1.807) is 19.2 Å². The number of aromatic nitrogens is 1. The Kier molecular flexibility index (Phi) is 6.61. The number of hydrogen-bond acceptors (Lipinski definition) is 5. The lowest BCUT2D eigenvalue weighted by Gasteiger charge is -2.37. The first-order chi connectivity index (χ1) is 12.7. The summed E-state index contributed by atoms with van der Waals surface area (Å²) in [5.41, 5.74) is 0.539. The summed E-state index contributed by atoms with van der Waals surface area (Å²) in [5, 5.41) is 3.50. The van der Waals surface area contributed by atoms with Crippen molar-refractivity contribution in [1.82, 2.24) is 9.88 Å². The van der Waals surface area contributed by atoms with Crippen molar-refractivity contribution in [1.29, 1.82) is 0 Å². The summed E-state index contributed by atoms with van der Waals surface area (Å²) in [4.78, 5) is 18.3. The van der Waals surface area contributed by atoms with Crippen molar-refractivity contribution in [2.24, 2.45) is 0 Å². The van der Waals surface area contributed by atoms with Gasteiger partial charge in [0.05, 0.1) is 6.61 Å². The van der Waals surface area contributed by atoms with E-state index < -0.39 is 11.8 Å². The van der Waals surface area contributed by atoms with E-state index in [0.29, 0.717) is 11.6 Å². The number of esters is 1. The van der Waals surface area contributed by atoms with Gasteiger partial charge in [-0.15, -0.1) is 0 Å². The molecule has 0 spiro atoms. The predicted molar refractivity (Wildman–Crippen MR) is 100 cm³/mol. The summed E-state index contributed by atoms with van der Waals surface area (Å²) in [5.74, 6) is -1.06. The molecule has 1 saturated heterocycles. The highest BCUT2D eigenvalue weighted by molar-refractivity contribution is 5.91. The second kappa shape index (κ2) is 9.12. The molecule has 1 saturated carbocycles. The van der Waals surface area contributed by atoms with Crippen LogP contribution in [-0.2, 0) is 9.53 Å². The molecule has 1 N–H and O–H groups in total. The lowest BCUT2D eigenvalue weighted by atomic mass is 10.0. The topological polar surface area (TPSA) is 54.5 Å². The summed E-state index contributed by atoms with van der Waals surface area (Å²) in [6, 6.07) is 4.74. The van der Waals surface area contributed by atoms with Crippen molar-refractivity contribution >= 4 is 17.9 Å². The molecule has 1 aromatic heterocycles. The first-order valence-electron chi connectivity index (χ1n) is 9.66. The summed E-state index contributed by atoms with van der Waals surface area (Å²) < 4.78 is 18.3. The zero-order chi connectivity index (χ0) is 18.4. The van der Waals surface area contributed by atoms with Crippen molar-refractivity contribution < 1.29 is 13.9 Å². The molecule has 1 atom stereocenters. The molecular weight excluding hydrogens is 333 g/mol. The standard InChI is InChI=1S/C20H28FN3O2/c1-2-26-20(25)18(21)12-15-9-10-19(22-13-15)23-16-6-5-11-24(14-16)17-7-3-4-8-17/h9-10,12-13,16-17H,2-8,11,14H2,1H3,(H,22,23)/t16-/m1/s1. The maximum atomic E-state index is 13.7. The Labute approximate surface area is 154 Å². The number of halogens is 1. The van der Waals surface area contributed by atoms with Crippen LogP contribution in [0.1, 0.15) is 51.0 Å². The monoisotopic (exact) mass is 361 g/mol. The minimum atomic E-state index is -0.941. The average molecular weight is 361 g/mol. The number of hydrogen-bond donors (Lipinski definition) is 1. The highest BCUT2D eigenvalue weighted by atomic mass is 19.1. The maximum absolute atomic E-state index is 13.7. The van der Waals surface area contributed by atoms with Crippen LogP contribution in [0.5, 0.6) is 0 Å². The summed E-state index contributed by atoms with van der Waals surface area (Å²) in [6.07, 6.45) is 10.5. The predicted octanol–water partition coefficient (Wildman–Crippen LogP) is 3.77. The fraction of sp³-hybridized carbons (Fsp3) is 0.600. The number of rotatable bonds is 6. The molecule has 1 aromatic rings. The molecule has 2 aliphatic rings. The van der Waals surface area contributed by atoms with Gasteiger partial charge in [-0.3, -0.25) is 4.90 Å². The Morgan fingerprint density at radius 3 is 2.85 bits per heavy atom. The van der Waals surface area contributed by atoms with Gasteiger partial charge in [-0.1, -0.05) is 12.8 Å². The van der Waals surface area contributed by atoms with E-state index in [4.69, 9.17) is 0 Å². The number of carbonyl (C=O) groups is 1. The van der Waals surface area contributed by atoms with Crippen molar-refractivity contribution in [2.75, 3.05) is 25.0 Å². The van der Waals surface area contributed by atoms with Gasteiger partial charge in [-0.25, -0.2) is 9.78 Å². The Balaban J connectivity index is 1.55.